The maximum atomic E-state index is 13.4. The van der Waals surface area contributed by atoms with Crippen LogP contribution in [0.3, 0.4) is 0 Å². The molecule has 0 aliphatic rings. The molecule has 0 aliphatic heterocycles. The molecule has 198 valence electrons. The Morgan fingerprint density at radius 2 is 1.64 bits per heavy atom. The summed E-state index contributed by atoms with van der Waals surface area (Å²) in [6.07, 6.45) is 1.96. The number of carbonyl (C=O) groups excluding carboxylic acids is 2. The molecule has 0 spiro atoms. The number of anilines is 1. The van der Waals surface area contributed by atoms with Crippen LogP contribution in [0, 0.1) is 13.8 Å². The van der Waals surface area contributed by atoms with Gasteiger partial charge in [-0.25, -0.2) is 8.42 Å². The fraction of sp³-hybridized carbons (Fsp3) is 0.462. The molecular weight excluding hydrogens is 521 g/mol. The van der Waals surface area contributed by atoms with Crippen molar-refractivity contribution in [3.05, 3.63) is 63.1 Å². The molecule has 1 N–H and O–H groups in total. The van der Waals surface area contributed by atoms with Crippen molar-refractivity contribution in [1.82, 2.24) is 10.2 Å². The van der Waals surface area contributed by atoms with Gasteiger partial charge in [-0.1, -0.05) is 42.3 Å². The summed E-state index contributed by atoms with van der Waals surface area (Å²) >= 11 is 12.2. The number of hydrogen-bond donors (Lipinski definition) is 1. The molecule has 0 saturated carbocycles. The van der Waals surface area contributed by atoms with E-state index in [0.29, 0.717) is 35.1 Å². The van der Waals surface area contributed by atoms with Crippen molar-refractivity contribution < 1.29 is 18.0 Å². The third-order valence-electron chi connectivity index (χ3n) is 5.72. The summed E-state index contributed by atoms with van der Waals surface area (Å²) in [5, 5.41) is 3.57. The second kappa shape index (κ2) is 13.3. The van der Waals surface area contributed by atoms with E-state index in [1.807, 2.05) is 45.9 Å². The minimum Gasteiger partial charge on any atom is -0.355 e. The van der Waals surface area contributed by atoms with E-state index in [2.05, 4.69) is 5.32 Å². The van der Waals surface area contributed by atoms with E-state index < -0.39 is 16.1 Å². The lowest BCUT2D eigenvalue weighted by atomic mass is 10.1. The Morgan fingerprint density at radius 1 is 1.00 bits per heavy atom. The lowest BCUT2D eigenvalue weighted by Crippen LogP contribution is -2.49. The number of amides is 2. The van der Waals surface area contributed by atoms with Gasteiger partial charge in [-0.3, -0.25) is 13.9 Å². The van der Waals surface area contributed by atoms with Gasteiger partial charge in [0.15, 0.2) is 0 Å². The molecule has 0 fully saturated rings. The van der Waals surface area contributed by atoms with Gasteiger partial charge in [0, 0.05) is 26.1 Å². The van der Waals surface area contributed by atoms with Gasteiger partial charge >= 0.3 is 0 Å². The average Bonchev–Trinajstić information content (AvgIpc) is 2.77. The van der Waals surface area contributed by atoms with Crippen molar-refractivity contribution in [2.75, 3.05) is 23.7 Å². The summed E-state index contributed by atoms with van der Waals surface area (Å²) in [6.45, 7) is 8.26. The molecular formula is C26H35Cl2N3O4S. The van der Waals surface area contributed by atoms with Crippen LogP contribution < -0.4 is 9.62 Å². The topological polar surface area (TPSA) is 86.8 Å². The van der Waals surface area contributed by atoms with Gasteiger partial charge in [0.05, 0.1) is 22.0 Å². The van der Waals surface area contributed by atoms with Crippen LogP contribution >= 0.6 is 23.2 Å². The first-order valence-corrected chi connectivity index (χ1v) is 14.5. The van der Waals surface area contributed by atoms with Crippen molar-refractivity contribution in [3.63, 3.8) is 0 Å². The van der Waals surface area contributed by atoms with Gasteiger partial charge in [0.2, 0.25) is 21.8 Å². The van der Waals surface area contributed by atoms with Gasteiger partial charge in [-0.05, 0) is 74.6 Å². The Morgan fingerprint density at radius 3 is 2.17 bits per heavy atom. The number of halogens is 2. The van der Waals surface area contributed by atoms with Crippen LogP contribution in [-0.4, -0.2) is 50.5 Å². The molecule has 2 rings (SSSR count). The minimum absolute atomic E-state index is 0.0774. The number of carbonyl (C=O) groups is 2. The van der Waals surface area contributed by atoms with Crippen LogP contribution in [0.1, 0.15) is 49.8 Å². The smallest absolute Gasteiger partial charge is 0.242 e. The zero-order valence-electron chi connectivity index (χ0n) is 21.5. The van der Waals surface area contributed by atoms with E-state index in [0.717, 1.165) is 22.9 Å². The van der Waals surface area contributed by atoms with Gasteiger partial charge in [-0.2, -0.15) is 0 Å². The zero-order valence-corrected chi connectivity index (χ0v) is 23.8. The minimum atomic E-state index is -3.55. The second-order valence-corrected chi connectivity index (χ2v) is 11.6. The Bertz CT molecular complexity index is 1170. The number of nitrogens with one attached hydrogen (secondary N) is 1. The molecule has 0 saturated heterocycles. The molecule has 2 amide bonds. The predicted molar refractivity (Wildman–Crippen MR) is 147 cm³/mol. The number of likely N-dealkylation sites (N-methyl/N-ethyl adjacent to an activating group) is 1. The van der Waals surface area contributed by atoms with Gasteiger partial charge in [0.1, 0.15) is 6.04 Å². The largest absolute Gasteiger partial charge is 0.355 e. The van der Waals surface area contributed by atoms with E-state index in [1.165, 1.54) is 9.21 Å². The Labute approximate surface area is 224 Å². The van der Waals surface area contributed by atoms with Crippen LogP contribution in [-0.2, 0) is 26.2 Å². The number of hydrogen-bond acceptors (Lipinski definition) is 4. The molecule has 0 unspecified atom stereocenters. The van der Waals surface area contributed by atoms with Crippen molar-refractivity contribution in [1.29, 1.82) is 0 Å². The molecule has 2 aromatic carbocycles. The third-order valence-corrected chi connectivity index (χ3v) is 7.65. The summed E-state index contributed by atoms with van der Waals surface area (Å²) in [7, 11) is -3.55. The van der Waals surface area contributed by atoms with Crippen LogP contribution in [0.2, 0.25) is 10.0 Å². The Balaban J connectivity index is 2.25. The predicted octanol–water partition coefficient (Wildman–Crippen LogP) is 5.10. The van der Waals surface area contributed by atoms with Gasteiger partial charge < -0.3 is 10.2 Å². The molecule has 7 nitrogen and oxygen atoms in total. The van der Waals surface area contributed by atoms with Crippen molar-refractivity contribution in [2.24, 2.45) is 0 Å². The maximum Gasteiger partial charge on any atom is 0.242 e. The monoisotopic (exact) mass is 555 g/mol. The first-order chi connectivity index (χ1) is 16.9. The van der Waals surface area contributed by atoms with E-state index >= 15 is 0 Å². The number of aryl methyl sites for hydroxylation is 2. The molecule has 2 aromatic rings. The first kappa shape index (κ1) is 29.9. The van der Waals surface area contributed by atoms with Crippen molar-refractivity contribution in [2.45, 2.75) is 59.5 Å². The lowest BCUT2D eigenvalue weighted by Gasteiger charge is -2.31. The highest BCUT2D eigenvalue weighted by atomic mass is 35.5. The van der Waals surface area contributed by atoms with Crippen LogP contribution in [0.4, 0.5) is 5.69 Å². The van der Waals surface area contributed by atoms with Crippen LogP contribution in [0.5, 0.6) is 0 Å². The molecule has 0 aliphatic carbocycles. The Hall–Kier alpha value is -2.29. The third kappa shape index (κ3) is 8.39. The first-order valence-electron chi connectivity index (χ1n) is 11.9. The van der Waals surface area contributed by atoms with Gasteiger partial charge in [0.25, 0.3) is 0 Å². The van der Waals surface area contributed by atoms with Gasteiger partial charge in [-0.15, -0.1) is 0 Å². The zero-order chi connectivity index (χ0) is 27.0. The Kier molecular flexibility index (Phi) is 11.1. The van der Waals surface area contributed by atoms with E-state index in [9.17, 15) is 18.0 Å². The fourth-order valence-electron chi connectivity index (χ4n) is 4.14. The highest BCUT2D eigenvalue weighted by Crippen LogP contribution is 2.25. The van der Waals surface area contributed by atoms with Crippen LogP contribution in [0.15, 0.2) is 36.4 Å². The number of sulfonamides is 1. The summed E-state index contributed by atoms with van der Waals surface area (Å²) in [4.78, 5) is 27.7. The molecule has 0 bridgehead atoms. The van der Waals surface area contributed by atoms with E-state index in [1.54, 1.807) is 18.2 Å². The number of nitrogens with zero attached hydrogens (tertiary/aromatic N) is 2. The summed E-state index contributed by atoms with van der Waals surface area (Å²) < 4.78 is 26.4. The molecule has 0 radical (unpaired) electrons. The highest BCUT2D eigenvalue weighted by Gasteiger charge is 2.28. The van der Waals surface area contributed by atoms with Crippen LogP contribution in [0.25, 0.3) is 0 Å². The number of benzene rings is 2. The fourth-order valence-corrected chi connectivity index (χ4v) is 5.41. The average molecular weight is 557 g/mol. The second-order valence-electron chi connectivity index (χ2n) is 8.87. The normalized spacial score (nSPS) is 12.2. The molecule has 0 aromatic heterocycles. The maximum absolute atomic E-state index is 13.4. The molecule has 36 heavy (non-hydrogen) atoms. The SMILES string of the molecule is CCNC(=O)[C@@H](CC)N(Cc1ccc(Cl)c(Cl)c1)C(=O)CCCN(c1cc(C)cc(C)c1)S(C)(=O)=O. The lowest BCUT2D eigenvalue weighted by molar-refractivity contribution is -0.141. The molecule has 10 heteroatoms. The van der Waals surface area contributed by atoms with Crippen molar-refractivity contribution in [3.8, 4) is 0 Å². The number of rotatable bonds is 12. The summed E-state index contributed by atoms with van der Waals surface area (Å²) in [6, 6.07) is 10.0. The van der Waals surface area contributed by atoms with E-state index in [4.69, 9.17) is 23.2 Å². The summed E-state index contributed by atoms with van der Waals surface area (Å²) in [5.74, 6) is -0.477. The van der Waals surface area contributed by atoms with E-state index in [-0.39, 0.29) is 31.3 Å². The highest BCUT2D eigenvalue weighted by molar-refractivity contribution is 7.92. The summed E-state index contributed by atoms with van der Waals surface area (Å²) in [5.41, 5.74) is 3.22. The quantitative estimate of drug-likeness (QED) is 0.394. The molecule has 1 atom stereocenters. The standard InChI is InChI=1S/C26H35Cl2N3O4S/c1-6-24(26(33)29-7-2)30(17-20-10-11-22(27)23(28)16-20)25(32)9-8-12-31(36(5,34)35)21-14-18(3)13-19(4)15-21/h10-11,13-16,24H,6-9,12,17H2,1-5H3,(H,29,33)/t24-/m1/s1. The van der Waals surface area contributed by atoms with Crippen molar-refractivity contribution >= 4 is 50.7 Å². The molecule has 0 heterocycles.